The number of anilines is 1. The second-order valence-corrected chi connectivity index (χ2v) is 5.85. The normalized spacial score (nSPS) is 11.0. The van der Waals surface area contributed by atoms with Crippen molar-refractivity contribution in [3.8, 4) is 0 Å². The van der Waals surface area contributed by atoms with Crippen molar-refractivity contribution >= 4 is 11.7 Å². The molecule has 0 aliphatic heterocycles. The number of carbonyl (C=O) groups excluding carboxylic acids is 1. The molecule has 142 valence electrons. The number of unbranched alkanes of at least 4 members (excludes halogenated alkanes) is 3. The zero-order valence-corrected chi connectivity index (χ0v) is 14.6. The van der Waals surface area contributed by atoms with Crippen LogP contribution in [0.1, 0.15) is 56.1 Å². The van der Waals surface area contributed by atoms with Gasteiger partial charge in [0.05, 0.1) is 12.2 Å². The van der Waals surface area contributed by atoms with E-state index >= 15 is 0 Å². The van der Waals surface area contributed by atoms with E-state index in [0.29, 0.717) is 24.1 Å². The number of hydrogen-bond donors (Lipinski definition) is 3. The third-order valence-electron chi connectivity index (χ3n) is 3.82. The highest BCUT2D eigenvalue weighted by Crippen LogP contribution is 2.03. The Balaban J connectivity index is 0.00000338. The summed E-state index contributed by atoms with van der Waals surface area (Å²) in [6, 6.07) is 8.81. The van der Waals surface area contributed by atoms with Gasteiger partial charge in [-0.1, -0.05) is 39.7 Å². The summed E-state index contributed by atoms with van der Waals surface area (Å²) in [6.07, 6.45) is 6.13. The summed E-state index contributed by atoms with van der Waals surface area (Å²) in [5.74, 6) is 6.02. The van der Waals surface area contributed by atoms with E-state index in [0.717, 1.165) is 18.5 Å². The highest BCUT2D eigenvalue weighted by Gasteiger charge is 2.08. The van der Waals surface area contributed by atoms with Crippen LogP contribution in [-0.4, -0.2) is 22.1 Å². The van der Waals surface area contributed by atoms with Crippen LogP contribution >= 0.6 is 0 Å². The minimum absolute atomic E-state index is 0. The number of nitrogens with one attached hydrogen (secondary N) is 1. The number of nitrogen functional groups attached to an aromatic ring is 2. The molecule has 0 aliphatic carbocycles. The Morgan fingerprint density at radius 1 is 1.27 bits per heavy atom. The number of pyridine rings is 2. The Hall–Kier alpha value is -2.83. The van der Waals surface area contributed by atoms with Crippen LogP contribution in [0.5, 0.6) is 0 Å². The number of nitrogens with zero attached hydrogens (tertiary/aromatic N) is 3. The summed E-state index contributed by atoms with van der Waals surface area (Å²) in [5.41, 5.74) is 7.60. The number of hydrogen-bond acceptors (Lipinski definition) is 5. The molecule has 2 rings (SSSR count). The maximum absolute atomic E-state index is 12.3. The minimum Gasteiger partial charge on any atom is -0.384 e. The zero-order valence-electron chi connectivity index (χ0n) is 14.6. The van der Waals surface area contributed by atoms with Crippen LogP contribution in [0.4, 0.5) is 5.82 Å². The van der Waals surface area contributed by atoms with Crippen molar-refractivity contribution in [3.63, 3.8) is 0 Å². The summed E-state index contributed by atoms with van der Waals surface area (Å²) in [6.45, 7) is 3.17. The lowest BCUT2D eigenvalue weighted by Gasteiger charge is -2.09. The van der Waals surface area contributed by atoms with Gasteiger partial charge in [0.1, 0.15) is 11.3 Å². The van der Waals surface area contributed by atoms with Crippen LogP contribution < -0.4 is 22.4 Å². The average molecular weight is 358 g/mol. The van der Waals surface area contributed by atoms with E-state index in [1.54, 1.807) is 18.3 Å². The number of amides is 1. The predicted octanol–water partition coefficient (Wildman–Crippen LogP) is 2.23. The average Bonchev–Trinajstić information content (AvgIpc) is 2.63. The first kappa shape index (κ1) is 21.2. The molecule has 26 heavy (non-hydrogen) atoms. The molecule has 0 bridgehead atoms. The number of rotatable bonds is 8. The Morgan fingerprint density at radius 2 is 2.08 bits per heavy atom. The Morgan fingerprint density at radius 3 is 2.77 bits per heavy atom. The van der Waals surface area contributed by atoms with E-state index in [1.165, 1.54) is 17.5 Å². The summed E-state index contributed by atoms with van der Waals surface area (Å²) in [4.78, 5) is 20.9. The van der Waals surface area contributed by atoms with Gasteiger partial charge in [0.15, 0.2) is 0 Å². The lowest BCUT2D eigenvalue weighted by atomic mass is 10.2. The van der Waals surface area contributed by atoms with E-state index in [4.69, 9.17) is 11.6 Å². The van der Waals surface area contributed by atoms with Crippen LogP contribution in [0.3, 0.4) is 0 Å². The molecular weight excluding hydrogens is 328 g/mol. The fraction of sp³-hybridized carbons (Fsp3) is 0.421. The highest BCUT2D eigenvalue weighted by molar-refractivity contribution is 5.94. The van der Waals surface area contributed by atoms with Crippen LogP contribution in [0.15, 0.2) is 41.5 Å². The standard InChI is InChI=1S/C18H26N6O.CH4/c1-2-3-4-6-10-22-18(25)14-11-16(19)24(20)17(12-14)23-13-15-8-5-7-9-21-15;/h5,7-9,11-12H,2-4,6,10,13,19-20H2,1H3,(H,22,25);1H4. The van der Waals surface area contributed by atoms with Crippen LogP contribution in [0, 0.1) is 0 Å². The van der Waals surface area contributed by atoms with Gasteiger partial charge in [-0.05, 0) is 30.7 Å². The third kappa shape index (κ3) is 6.23. The van der Waals surface area contributed by atoms with Crippen molar-refractivity contribution in [3.05, 3.63) is 53.3 Å². The molecule has 0 atom stereocenters. The maximum atomic E-state index is 12.3. The molecule has 2 aromatic rings. The van der Waals surface area contributed by atoms with E-state index in [9.17, 15) is 4.79 Å². The van der Waals surface area contributed by atoms with Gasteiger partial charge in [-0.25, -0.2) is 4.68 Å². The van der Waals surface area contributed by atoms with Crippen molar-refractivity contribution in [2.24, 2.45) is 4.99 Å². The minimum atomic E-state index is -0.168. The first-order chi connectivity index (χ1) is 12.1. The van der Waals surface area contributed by atoms with E-state index in [2.05, 4.69) is 22.2 Å². The van der Waals surface area contributed by atoms with Gasteiger partial charge < -0.3 is 16.9 Å². The monoisotopic (exact) mass is 358 g/mol. The molecule has 2 aromatic heterocycles. The first-order valence-electron chi connectivity index (χ1n) is 8.58. The highest BCUT2D eigenvalue weighted by atomic mass is 16.1. The van der Waals surface area contributed by atoms with Gasteiger partial charge in [0, 0.05) is 18.3 Å². The van der Waals surface area contributed by atoms with Crippen LogP contribution in [0.25, 0.3) is 0 Å². The third-order valence-corrected chi connectivity index (χ3v) is 3.82. The molecule has 2 heterocycles. The van der Waals surface area contributed by atoms with Gasteiger partial charge in [0.2, 0.25) is 0 Å². The molecule has 0 saturated carbocycles. The lowest BCUT2D eigenvalue weighted by molar-refractivity contribution is 0.0952. The quantitative estimate of drug-likeness (QED) is 0.496. The molecule has 7 nitrogen and oxygen atoms in total. The summed E-state index contributed by atoms with van der Waals surface area (Å²) >= 11 is 0. The van der Waals surface area contributed by atoms with Crippen molar-refractivity contribution < 1.29 is 4.79 Å². The molecule has 0 aliphatic rings. The largest absolute Gasteiger partial charge is 0.384 e. The van der Waals surface area contributed by atoms with Crippen LogP contribution in [-0.2, 0) is 6.54 Å². The fourth-order valence-corrected chi connectivity index (χ4v) is 2.37. The second-order valence-electron chi connectivity index (χ2n) is 5.85. The van der Waals surface area contributed by atoms with E-state index in [-0.39, 0.29) is 19.2 Å². The second kappa shape index (κ2) is 10.9. The fourth-order valence-electron chi connectivity index (χ4n) is 2.37. The van der Waals surface area contributed by atoms with Gasteiger partial charge in [-0.3, -0.25) is 14.8 Å². The molecule has 0 fully saturated rings. The Bertz CT molecular complexity index is 754. The summed E-state index contributed by atoms with van der Waals surface area (Å²) in [5, 5.41) is 2.91. The lowest BCUT2D eigenvalue weighted by Crippen LogP contribution is -2.33. The van der Waals surface area contributed by atoms with Crippen molar-refractivity contribution in [1.29, 1.82) is 0 Å². The molecule has 0 aromatic carbocycles. The number of nitrogens with two attached hydrogens (primary N) is 2. The summed E-state index contributed by atoms with van der Waals surface area (Å²) in [7, 11) is 0. The van der Waals surface area contributed by atoms with E-state index in [1.807, 2.05) is 18.2 Å². The van der Waals surface area contributed by atoms with Gasteiger partial charge in [-0.15, -0.1) is 0 Å². The first-order valence-corrected chi connectivity index (χ1v) is 8.58. The summed E-state index contributed by atoms with van der Waals surface area (Å²) < 4.78 is 1.26. The molecule has 0 radical (unpaired) electrons. The van der Waals surface area contributed by atoms with Gasteiger partial charge in [-0.2, -0.15) is 0 Å². The van der Waals surface area contributed by atoms with Crippen molar-refractivity contribution in [2.75, 3.05) is 18.1 Å². The molecule has 5 N–H and O–H groups in total. The van der Waals surface area contributed by atoms with Gasteiger partial charge >= 0.3 is 0 Å². The Labute approximate surface area is 155 Å². The molecular formula is C19H30N6O. The molecule has 7 heteroatoms. The van der Waals surface area contributed by atoms with Crippen LogP contribution in [0.2, 0.25) is 0 Å². The van der Waals surface area contributed by atoms with Crippen molar-refractivity contribution in [2.45, 2.75) is 46.6 Å². The number of aromatic nitrogens is 2. The molecule has 0 saturated heterocycles. The molecule has 0 spiro atoms. The zero-order chi connectivity index (χ0) is 18.1. The molecule has 1 amide bonds. The SMILES string of the molecule is C.CCCCCCNC(=O)c1cc(N)n(N)c(=NCc2ccccn2)c1. The smallest absolute Gasteiger partial charge is 0.251 e. The predicted molar refractivity (Wildman–Crippen MR) is 106 cm³/mol. The molecule has 0 unspecified atom stereocenters. The van der Waals surface area contributed by atoms with Crippen molar-refractivity contribution in [1.82, 2.24) is 15.0 Å². The van der Waals surface area contributed by atoms with E-state index < -0.39 is 0 Å². The van der Waals surface area contributed by atoms with Gasteiger partial charge in [0.25, 0.3) is 5.91 Å². The topological polar surface area (TPSA) is 111 Å². The number of carbonyl (C=O) groups is 1. The Kier molecular flexibility index (Phi) is 8.91. The maximum Gasteiger partial charge on any atom is 0.251 e.